The second kappa shape index (κ2) is 10.1. The molecule has 3 aromatic rings. The van der Waals surface area contributed by atoms with Crippen molar-refractivity contribution in [2.45, 2.75) is 26.3 Å². The first-order valence-electron chi connectivity index (χ1n) is 10.6. The summed E-state index contributed by atoms with van der Waals surface area (Å²) in [5.74, 6) is -0.553. The van der Waals surface area contributed by atoms with Gasteiger partial charge in [0.05, 0.1) is 18.8 Å². The molecule has 0 radical (unpaired) electrons. The Morgan fingerprint density at radius 2 is 1.82 bits per heavy atom. The van der Waals surface area contributed by atoms with E-state index in [0.717, 1.165) is 33.3 Å². The van der Waals surface area contributed by atoms with Crippen molar-refractivity contribution in [3.8, 4) is 11.3 Å². The van der Waals surface area contributed by atoms with Gasteiger partial charge in [0.15, 0.2) is 0 Å². The minimum Gasteiger partial charge on any atom is -0.348 e. The molecule has 1 aliphatic rings. The smallest absolute Gasteiger partial charge is 0.251 e. The van der Waals surface area contributed by atoms with Gasteiger partial charge >= 0.3 is 0 Å². The number of nitrogens with one attached hydrogen (secondary N) is 2. The zero-order valence-electron chi connectivity index (χ0n) is 18.1. The van der Waals surface area contributed by atoms with Gasteiger partial charge in [-0.3, -0.25) is 14.4 Å². The monoisotopic (exact) mass is 482 g/mol. The van der Waals surface area contributed by atoms with Crippen molar-refractivity contribution in [1.82, 2.24) is 15.6 Å². The van der Waals surface area contributed by atoms with Crippen LogP contribution >= 0.6 is 22.9 Å². The Kier molecular flexibility index (Phi) is 7.05. The lowest BCUT2D eigenvalue weighted by Gasteiger charge is -2.15. The number of hydrogen-bond acceptors (Lipinski definition) is 5. The predicted molar refractivity (Wildman–Crippen MR) is 130 cm³/mol. The maximum Gasteiger partial charge on any atom is 0.251 e. The molecule has 2 aromatic carbocycles. The van der Waals surface area contributed by atoms with Gasteiger partial charge in [0.2, 0.25) is 11.8 Å². The van der Waals surface area contributed by atoms with E-state index < -0.39 is 0 Å². The van der Waals surface area contributed by atoms with Crippen molar-refractivity contribution < 1.29 is 14.4 Å². The molecule has 170 valence electrons. The number of anilines is 1. The van der Waals surface area contributed by atoms with Gasteiger partial charge in [-0.1, -0.05) is 23.7 Å². The number of amides is 3. The van der Waals surface area contributed by atoms with Crippen LogP contribution in [0.5, 0.6) is 0 Å². The van der Waals surface area contributed by atoms with E-state index in [0.29, 0.717) is 23.6 Å². The summed E-state index contributed by atoms with van der Waals surface area (Å²) in [7, 11) is 0. The van der Waals surface area contributed by atoms with E-state index in [9.17, 15) is 14.4 Å². The average Bonchev–Trinajstić information content (AvgIpc) is 3.42. The fraction of sp³-hybridized carbons (Fsp3) is 0.250. The maximum absolute atomic E-state index is 12.4. The third-order valence-electron chi connectivity index (χ3n) is 5.32. The number of nitrogens with zero attached hydrogens (tertiary/aromatic N) is 2. The van der Waals surface area contributed by atoms with Crippen LogP contribution in [0.3, 0.4) is 0 Å². The Bertz CT molecular complexity index is 1180. The van der Waals surface area contributed by atoms with E-state index >= 15 is 0 Å². The first-order valence-corrected chi connectivity index (χ1v) is 11.8. The minimum atomic E-state index is -0.348. The number of halogens is 1. The summed E-state index contributed by atoms with van der Waals surface area (Å²) in [4.78, 5) is 43.8. The lowest BCUT2D eigenvalue weighted by molar-refractivity contribution is -0.120. The number of carbonyl (C=O) groups is 3. The van der Waals surface area contributed by atoms with Gasteiger partial charge in [0.1, 0.15) is 5.01 Å². The van der Waals surface area contributed by atoms with Crippen molar-refractivity contribution in [2.24, 2.45) is 0 Å². The summed E-state index contributed by atoms with van der Waals surface area (Å²) < 4.78 is 0. The molecule has 9 heteroatoms. The highest BCUT2D eigenvalue weighted by molar-refractivity contribution is 7.12. The van der Waals surface area contributed by atoms with Crippen LogP contribution < -0.4 is 15.5 Å². The van der Waals surface area contributed by atoms with Crippen molar-refractivity contribution in [3.63, 3.8) is 0 Å². The number of hydrogen-bond donors (Lipinski definition) is 2. The molecule has 7 nitrogen and oxygen atoms in total. The quantitative estimate of drug-likeness (QED) is 0.533. The summed E-state index contributed by atoms with van der Waals surface area (Å²) in [6, 6.07) is 14.3. The van der Waals surface area contributed by atoms with Gasteiger partial charge in [0.25, 0.3) is 5.91 Å². The molecule has 1 saturated heterocycles. The van der Waals surface area contributed by atoms with Gasteiger partial charge < -0.3 is 15.5 Å². The standard InChI is InChI=1S/C24H23ClN4O3S/c1-15-23(16-4-8-18(25)9-5-16)28-21(33-15)14-26-20(30)13-27-24(32)17-6-10-19(11-7-17)29-12-2-3-22(29)31/h4-11H,2-3,12-14H2,1H3,(H,26,30)(H,27,32). The highest BCUT2D eigenvalue weighted by Crippen LogP contribution is 2.28. The molecule has 0 aliphatic carbocycles. The molecule has 3 amide bonds. The summed E-state index contributed by atoms with van der Waals surface area (Å²) in [5, 5.41) is 6.85. The van der Waals surface area contributed by atoms with E-state index in [4.69, 9.17) is 11.6 Å². The van der Waals surface area contributed by atoms with Crippen molar-refractivity contribution in [3.05, 3.63) is 69.0 Å². The summed E-state index contributed by atoms with van der Waals surface area (Å²) in [6.45, 7) is 2.83. The summed E-state index contributed by atoms with van der Waals surface area (Å²) in [5.41, 5.74) is 3.05. The van der Waals surface area contributed by atoms with Crippen LogP contribution in [0.25, 0.3) is 11.3 Å². The topological polar surface area (TPSA) is 91.4 Å². The highest BCUT2D eigenvalue weighted by atomic mass is 35.5. The maximum atomic E-state index is 12.4. The molecule has 2 N–H and O–H groups in total. The molecule has 1 aromatic heterocycles. The van der Waals surface area contributed by atoms with E-state index in [1.54, 1.807) is 29.2 Å². The third-order valence-corrected chi connectivity index (χ3v) is 6.54. The third kappa shape index (κ3) is 5.58. The van der Waals surface area contributed by atoms with Crippen LogP contribution in [0.15, 0.2) is 48.5 Å². The van der Waals surface area contributed by atoms with Gasteiger partial charge in [-0.15, -0.1) is 11.3 Å². The van der Waals surface area contributed by atoms with Gasteiger partial charge in [0, 0.05) is 39.7 Å². The number of benzene rings is 2. The molecule has 1 aliphatic heterocycles. The molecule has 0 spiro atoms. The number of thiazole rings is 1. The molecule has 2 heterocycles. The first-order chi connectivity index (χ1) is 15.9. The zero-order valence-corrected chi connectivity index (χ0v) is 19.6. The van der Waals surface area contributed by atoms with Crippen LogP contribution in [0.1, 0.15) is 33.1 Å². The number of carbonyl (C=O) groups excluding carboxylic acids is 3. The Labute approximate surface area is 200 Å². The Morgan fingerprint density at radius 3 is 2.48 bits per heavy atom. The Hall–Kier alpha value is -3.23. The molecule has 33 heavy (non-hydrogen) atoms. The van der Waals surface area contributed by atoms with Crippen molar-refractivity contribution in [2.75, 3.05) is 18.0 Å². The normalized spacial score (nSPS) is 13.3. The lowest BCUT2D eigenvalue weighted by Crippen LogP contribution is -2.36. The molecule has 0 bridgehead atoms. The fourth-order valence-electron chi connectivity index (χ4n) is 3.62. The molecule has 0 saturated carbocycles. The van der Waals surface area contributed by atoms with Crippen LogP contribution in [0.2, 0.25) is 5.02 Å². The average molecular weight is 483 g/mol. The zero-order chi connectivity index (χ0) is 23.4. The summed E-state index contributed by atoms with van der Waals surface area (Å²) in [6.07, 6.45) is 1.40. The van der Waals surface area contributed by atoms with Crippen LogP contribution in [-0.2, 0) is 16.1 Å². The largest absolute Gasteiger partial charge is 0.348 e. The first kappa shape index (κ1) is 22.9. The summed E-state index contributed by atoms with van der Waals surface area (Å²) >= 11 is 7.46. The SMILES string of the molecule is Cc1sc(CNC(=O)CNC(=O)c2ccc(N3CCCC3=O)cc2)nc1-c1ccc(Cl)cc1. The van der Waals surface area contributed by atoms with Crippen LogP contribution in [0, 0.1) is 6.92 Å². The van der Waals surface area contributed by atoms with E-state index in [2.05, 4.69) is 15.6 Å². The Balaban J connectivity index is 1.26. The molecule has 0 atom stereocenters. The minimum absolute atomic E-state index is 0.0968. The highest BCUT2D eigenvalue weighted by Gasteiger charge is 2.21. The Morgan fingerprint density at radius 1 is 1.09 bits per heavy atom. The predicted octanol–water partition coefficient (Wildman–Crippen LogP) is 3.94. The van der Waals surface area contributed by atoms with Gasteiger partial charge in [-0.2, -0.15) is 0 Å². The van der Waals surface area contributed by atoms with E-state index in [1.807, 2.05) is 31.2 Å². The molecule has 0 unspecified atom stereocenters. The number of aryl methyl sites for hydroxylation is 1. The lowest BCUT2D eigenvalue weighted by atomic mass is 10.1. The molecule has 1 fully saturated rings. The second-order valence-corrected chi connectivity index (χ2v) is 9.40. The van der Waals surface area contributed by atoms with Crippen LogP contribution in [-0.4, -0.2) is 35.8 Å². The van der Waals surface area contributed by atoms with E-state index in [1.165, 1.54) is 11.3 Å². The molecular weight excluding hydrogens is 460 g/mol. The second-order valence-electron chi connectivity index (χ2n) is 7.67. The molecule has 4 rings (SSSR count). The van der Waals surface area contributed by atoms with E-state index in [-0.39, 0.29) is 30.8 Å². The number of rotatable bonds is 7. The van der Waals surface area contributed by atoms with Crippen molar-refractivity contribution >= 4 is 46.3 Å². The molecular formula is C24H23ClN4O3S. The van der Waals surface area contributed by atoms with Crippen molar-refractivity contribution in [1.29, 1.82) is 0 Å². The van der Waals surface area contributed by atoms with Gasteiger partial charge in [-0.25, -0.2) is 4.98 Å². The van der Waals surface area contributed by atoms with Crippen LogP contribution in [0.4, 0.5) is 5.69 Å². The number of aromatic nitrogens is 1. The van der Waals surface area contributed by atoms with Gasteiger partial charge in [-0.05, 0) is 49.7 Å². The fourth-order valence-corrected chi connectivity index (χ4v) is 4.64.